The van der Waals surface area contributed by atoms with Crippen molar-refractivity contribution >= 4 is 17.7 Å². The lowest BCUT2D eigenvalue weighted by Gasteiger charge is -2.44. The molecule has 16 heavy (non-hydrogen) atoms. The lowest BCUT2D eigenvalue weighted by molar-refractivity contribution is -0.133. The highest BCUT2D eigenvalue weighted by Gasteiger charge is 2.32. The van der Waals surface area contributed by atoms with Crippen LogP contribution in [0, 0.1) is 5.92 Å². The minimum atomic E-state index is -0.679. The van der Waals surface area contributed by atoms with E-state index in [4.69, 9.17) is 5.11 Å². The van der Waals surface area contributed by atoms with E-state index in [1.807, 2.05) is 0 Å². The van der Waals surface area contributed by atoms with Gasteiger partial charge in [-0.15, -0.1) is 11.8 Å². The minimum absolute atomic E-state index is 0.267. The van der Waals surface area contributed by atoms with Gasteiger partial charge in [0.2, 0.25) is 0 Å². The predicted octanol–water partition coefficient (Wildman–Crippen LogP) is 2.07. The molecule has 2 aliphatic heterocycles. The van der Waals surface area contributed by atoms with E-state index in [1.54, 1.807) is 11.8 Å². The number of hydrogen-bond acceptors (Lipinski definition) is 3. The zero-order valence-electron chi connectivity index (χ0n) is 9.73. The summed E-state index contributed by atoms with van der Waals surface area (Å²) in [6.07, 6.45) is 6.65. The number of thioether (sulfide) groups is 1. The average molecular weight is 243 g/mol. The smallest absolute Gasteiger partial charge is 0.313 e. The van der Waals surface area contributed by atoms with Crippen LogP contribution in [0.1, 0.15) is 32.1 Å². The highest BCUT2D eigenvalue weighted by Crippen LogP contribution is 2.32. The maximum atomic E-state index is 10.5. The number of fused-ring (bicyclic) bond motifs is 1. The van der Waals surface area contributed by atoms with Gasteiger partial charge in [0.15, 0.2) is 0 Å². The number of aliphatic carboxylic acids is 1. The molecule has 92 valence electrons. The number of nitrogens with zero attached hydrogens (tertiary/aromatic N) is 1. The van der Waals surface area contributed by atoms with Crippen LogP contribution in [0.2, 0.25) is 0 Å². The molecule has 2 atom stereocenters. The second kappa shape index (κ2) is 5.92. The lowest BCUT2D eigenvalue weighted by Crippen LogP contribution is -2.48. The van der Waals surface area contributed by atoms with Gasteiger partial charge in [-0.25, -0.2) is 0 Å². The molecule has 3 nitrogen and oxygen atoms in total. The number of carboxylic acid groups (broad SMARTS) is 1. The first-order chi connectivity index (χ1) is 7.77. The van der Waals surface area contributed by atoms with Crippen molar-refractivity contribution in [1.82, 2.24) is 4.90 Å². The fourth-order valence-corrected chi connectivity index (χ4v) is 4.05. The van der Waals surface area contributed by atoms with Crippen LogP contribution < -0.4 is 0 Å². The zero-order valence-corrected chi connectivity index (χ0v) is 10.5. The molecule has 0 radical (unpaired) electrons. The van der Waals surface area contributed by atoms with Crippen molar-refractivity contribution in [2.45, 2.75) is 38.1 Å². The van der Waals surface area contributed by atoms with Gasteiger partial charge in [-0.3, -0.25) is 4.79 Å². The van der Waals surface area contributed by atoms with Crippen LogP contribution in [-0.2, 0) is 4.79 Å². The fraction of sp³-hybridized carbons (Fsp3) is 0.917. The van der Waals surface area contributed by atoms with Crippen LogP contribution >= 0.6 is 11.8 Å². The standard InChI is InChI=1S/C12H21NO2S/c14-12(15)9-16-8-10-4-3-7-13-6-2-1-5-11(10)13/h10-11H,1-9H2,(H,14,15)/t10-,11+/m0/s1. The van der Waals surface area contributed by atoms with E-state index in [0.717, 1.165) is 17.7 Å². The van der Waals surface area contributed by atoms with E-state index in [0.29, 0.717) is 0 Å². The molecule has 2 rings (SSSR count). The SMILES string of the molecule is O=C(O)CSC[C@@H]1CCCN2CCCC[C@H]12. The third kappa shape index (κ3) is 3.14. The Bertz CT molecular complexity index is 245. The fourth-order valence-electron chi connectivity index (χ4n) is 3.07. The lowest BCUT2D eigenvalue weighted by atomic mass is 9.85. The van der Waals surface area contributed by atoms with E-state index in [2.05, 4.69) is 4.90 Å². The van der Waals surface area contributed by atoms with E-state index in [-0.39, 0.29) is 5.75 Å². The molecule has 0 aromatic rings. The topological polar surface area (TPSA) is 40.5 Å². The van der Waals surface area contributed by atoms with Gasteiger partial charge < -0.3 is 10.0 Å². The minimum Gasteiger partial charge on any atom is -0.481 e. The number of hydrogen-bond donors (Lipinski definition) is 1. The summed E-state index contributed by atoms with van der Waals surface area (Å²) < 4.78 is 0. The van der Waals surface area contributed by atoms with Gasteiger partial charge in [0.05, 0.1) is 5.75 Å². The Hall–Kier alpha value is -0.220. The van der Waals surface area contributed by atoms with Gasteiger partial charge in [-0.2, -0.15) is 0 Å². The van der Waals surface area contributed by atoms with Crippen LogP contribution in [0.25, 0.3) is 0 Å². The molecular weight excluding hydrogens is 222 g/mol. The molecule has 2 saturated heterocycles. The first-order valence-electron chi connectivity index (χ1n) is 6.31. The van der Waals surface area contributed by atoms with Crippen molar-refractivity contribution in [3.05, 3.63) is 0 Å². The molecule has 0 bridgehead atoms. The highest BCUT2D eigenvalue weighted by atomic mass is 32.2. The van der Waals surface area contributed by atoms with Crippen LogP contribution in [0.15, 0.2) is 0 Å². The molecule has 2 heterocycles. The first-order valence-corrected chi connectivity index (χ1v) is 7.46. The number of rotatable bonds is 4. The summed E-state index contributed by atoms with van der Waals surface area (Å²) in [5.41, 5.74) is 0. The normalized spacial score (nSPS) is 31.0. The molecule has 4 heteroatoms. The van der Waals surface area contributed by atoms with Gasteiger partial charge in [-0.05, 0) is 50.4 Å². The van der Waals surface area contributed by atoms with Gasteiger partial charge in [0.1, 0.15) is 0 Å². The Morgan fingerprint density at radius 3 is 2.88 bits per heavy atom. The third-order valence-electron chi connectivity index (χ3n) is 3.79. The van der Waals surface area contributed by atoms with Crippen molar-refractivity contribution < 1.29 is 9.90 Å². The Labute approximate surface area is 102 Å². The molecule has 2 aliphatic rings. The average Bonchev–Trinajstić information content (AvgIpc) is 2.29. The van der Waals surface area contributed by atoms with E-state index in [1.165, 1.54) is 45.2 Å². The monoisotopic (exact) mass is 243 g/mol. The summed E-state index contributed by atoms with van der Waals surface area (Å²) in [4.78, 5) is 13.1. The van der Waals surface area contributed by atoms with Crippen LogP contribution in [0.4, 0.5) is 0 Å². The van der Waals surface area contributed by atoms with Gasteiger partial charge in [-0.1, -0.05) is 6.42 Å². The molecule has 0 aromatic heterocycles. The molecular formula is C12H21NO2S. The largest absolute Gasteiger partial charge is 0.481 e. The van der Waals surface area contributed by atoms with Crippen molar-refractivity contribution in [1.29, 1.82) is 0 Å². The molecule has 0 amide bonds. The predicted molar refractivity (Wildman–Crippen MR) is 66.9 cm³/mol. The molecule has 0 aromatic carbocycles. The summed E-state index contributed by atoms with van der Waals surface area (Å²) in [6, 6.07) is 0.754. The summed E-state index contributed by atoms with van der Waals surface area (Å²) in [7, 11) is 0. The summed E-state index contributed by atoms with van der Waals surface area (Å²) in [6.45, 7) is 2.54. The molecule has 0 aliphatic carbocycles. The van der Waals surface area contributed by atoms with Crippen LogP contribution in [0.5, 0.6) is 0 Å². The Morgan fingerprint density at radius 2 is 2.06 bits per heavy atom. The van der Waals surface area contributed by atoms with E-state index >= 15 is 0 Å². The van der Waals surface area contributed by atoms with Crippen molar-refractivity contribution in [2.24, 2.45) is 5.92 Å². The van der Waals surface area contributed by atoms with Gasteiger partial charge in [0.25, 0.3) is 0 Å². The Balaban J connectivity index is 1.80. The molecule has 1 N–H and O–H groups in total. The van der Waals surface area contributed by atoms with Crippen molar-refractivity contribution in [3.63, 3.8) is 0 Å². The summed E-state index contributed by atoms with van der Waals surface area (Å²) in [5, 5.41) is 8.64. The first kappa shape index (κ1) is 12.2. The quantitative estimate of drug-likeness (QED) is 0.820. The van der Waals surface area contributed by atoms with Gasteiger partial charge in [0, 0.05) is 6.04 Å². The second-order valence-corrected chi connectivity index (χ2v) is 5.94. The van der Waals surface area contributed by atoms with Gasteiger partial charge >= 0.3 is 5.97 Å². The van der Waals surface area contributed by atoms with Crippen molar-refractivity contribution in [3.8, 4) is 0 Å². The maximum Gasteiger partial charge on any atom is 0.313 e. The number of carbonyl (C=O) groups is 1. The number of carboxylic acids is 1. The number of piperidine rings is 2. The molecule has 0 spiro atoms. The van der Waals surface area contributed by atoms with E-state index in [9.17, 15) is 4.79 Å². The van der Waals surface area contributed by atoms with E-state index < -0.39 is 5.97 Å². The summed E-state index contributed by atoms with van der Waals surface area (Å²) in [5.74, 6) is 1.36. The summed E-state index contributed by atoms with van der Waals surface area (Å²) >= 11 is 1.60. The maximum absolute atomic E-state index is 10.5. The molecule has 2 fully saturated rings. The van der Waals surface area contributed by atoms with Crippen LogP contribution in [-0.4, -0.2) is 46.6 Å². The Kier molecular flexibility index (Phi) is 4.53. The molecule has 0 saturated carbocycles. The highest BCUT2D eigenvalue weighted by molar-refractivity contribution is 7.99. The van der Waals surface area contributed by atoms with Crippen LogP contribution in [0.3, 0.4) is 0 Å². The Morgan fingerprint density at radius 1 is 1.25 bits per heavy atom. The second-order valence-electron chi connectivity index (χ2n) is 4.91. The van der Waals surface area contributed by atoms with Crippen molar-refractivity contribution in [2.75, 3.05) is 24.6 Å². The zero-order chi connectivity index (χ0) is 11.4. The third-order valence-corrected chi connectivity index (χ3v) is 4.90. The molecule has 0 unspecified atom stereocenters.